The topological polar surface area (TPSA) is 73.1 Å². The third kappa shape index (κ3) is 3.86. The number of primary sulfonamides is 1. The number of aromatic nitrogens is 1. The average Bonchev–Trinajstić information content (AvgIpc) is 3.28. The maximum atomic E-state index is 12.9. The Hall–Kier alpha value is -2.45. The minimum atomic E-state index is -4.44. The van der Waals surface area contributed by atoms with Crippen LogP contribution in [0.2, 0.25) is 0 Å². The van der Waals surface area contributed by atoms with Crippen LogP contribution in [0.3, 0.4) is 0 Å². The molecule has 4 rings (SSSR count). The maximum Gasteiger partial charge on any atom is 0.417 e. The molecule has 8 heteroatoms. The van der Waals surface area contributed by atoms with Crippen molar-refractivity contribution in [1.29, 1.82) is 0 Å². The van der Waals surface area contributed by atoms with E-state index in [1.807, 2.05) is 0 Å². The second kappa shape index (κ2) is 6.81. The molecular formula is C21H19F3N2O2S. The number of hydrogen-bond acceptors (Lipinski definition) is 3. The summed E-state index contributed by atoms with van der Waals surface area (Å²) in [5.74, 6) is 0. The third-order valence-electron chi connectivity index (χ3n) is 5.55. The van der Waals surface area contributed by atoms with Crippen molar-refractivity contribution >= 4 is 21.2 Å². The smallest absolute Gasteiger partial charge is 0.256 e. The van der Waals surface area contributed by atoms with E-state index in [9.17, 15) is 21.6 Å². The summed E-state index contributed by atoms with van der Waals surface area (Å²) in [6, 6.07) is 8.61. The highest BCUT2D eigenvalue weighted by atomic mass is 32.2. The summed E-state index contributed by atoms with van der Waals surface area (Å²) >= 11 is 0. The van der Waals surface area contributed by atoms with E-state index >= 15 is 0 Å². The normalized spacial score (nSPS) is 18.8. The first-order valence-electron chi connectivity index (χ1n) is 9.20. The molecule has 0 atom stereocenters. The Labute approximate surface area is 167 Å². The number of allylic oxidation sites excluding steroid dienone is 4. The molecule has 29 heavy (non-hydrogen) atoms. The first kappa shape index (κ1) is 19.8. The molecule has 2 aliphatic rings. The van der Waals surface area contributed by atoms with Gasteiger partial charge in [-0.15, -0.1) is 0 Å². The number of rotatable bonds is 3. The molecule has 0 radical (unpaired) electrons. The number of pyridine rings is 1. The number of sulfonamides is 1. The fourth-order valence-electron chi connectivity index (χ4n) is 4.09. The molecule has 0 saturated heterocycles. The maximum absolute atomic E-state index is 12.9. The molecule has 1 spiro atoms. The van der Waals surface area contributed by atoms with Crippen molar-refractivity contribution < 1.29 is 21.6 Å². The minimum Gasteiger partial charge on any atom is -0.256 e. The van der Waals surface area contributed by atoms with Gasteiger partial charge in [0.15, 0.2) is 0 Å². The van der Waals surface area contributed by atoms with Crippen LogP contribution in [-0.4, -0.2) is 13.4 Å². The molecular weight excluding hydrogens is 401 g/mol. The van der Waals surface area contributed by atoms with Gasteiger partial charge < -0.3 is 0 Å². The highest BCUT2D eigenvalue weighted by molar-refractivity contribution is 7.89. The van der Waals surface area contributed by atoms with Gasteiger partial charge in [-0.3, -0.25) is 4.98 Å². The second-order valence-electron chi connectivity index (χ2n) is 7.56. The molecule has 2 aliphatic carbocycles. The lowest BCUT2D eigenvalue weighted by Gasteiger charge is -2.16. The van der Waals surface area contributed by atoms with Crippen molar-refractivity contribution in [2.45, 2.75) is 36.8 Å². The van der Waals surface area contributed by atoms with Crippen molar-refractivity contribution in [1.82, 2.24) is 4.98 Å². The second-order valence-corrected chi connectivity index (χ2v) is 9.12. The molecule has 1 saturated carbocycles. The fourth-order valence-corrected chi connectivity index (χ4v) is 4.61. The molecule has 1 fully saturated rings. The van der Waals surface area contributed by atoms with Crippen molar-refractivity contribution in [3.05, 3.63) is 71.6 Å². The molecule has 4 nitrogen and oxygen atoms in total. The van der Waals surface area contributed by atoms with Gasteiger partial charge in [0.25, 0.3) is 0 Å². The van der Waals surface area contributed by atoms with Gasteiger partial charge >= 0.3 is 6.18 Å². The van der Waals surface area contributed by atoms with Crippen LogP contribution >= 0.6 is 0 Å². The van der Waals surface area contributed by atoms with E-state index in [0.29, 0.717) is 5.69 Å². The lowest BCUT2D eigenvalue weighted by Crippen LogP contribution is -2.11. The van der Waals surface area contributed by atoms with E-state index in [4.69, 9.17) is 5.14 Å². The van der Waals surface area contributed by atoms with Crippen LogP contribution in [0.1, 0.15) is 42.5 Å². The predicted octanol–water partition coefficient (Wildman–Crippen LogP) is 4.79. The van der Waals surface area contributed by atoms with Gasteiger partial charge in [0.2, 0.25) is 10.0 Å². The number of hydrogen-bond donors (Lipinski definition) is 1. The van der Waals surface area contributed by atoms with Crippen LogP contribution in [0.25, 0.3) is 11.1 Å². The Kier molecular flexibility index (Phi) is 4.66. The fraction of sp³-hybridized carbons (Fsp3) is 0.286. The largest absolute Gasteiger partial charge is 0.417 e. The molecule has 2 N–H and O–H groups in total. The van der Waals surface area contributed by atoms with E-state index in [2.05, 4.69) is 17.1 Å². The van der Waals surface area contributed by atoms with E-state index in [0.717, 1.165) is 54.7 Å². The SMILES string of the molecule is NS(=O)(=O)c1ccc(C2=CC3(C=C2c2ccc(C(F)(F)F)cn2)CCCC3)cc1. The molecule has 0 amide bonds. The molecule has 0 aliphatic heterocycles. The third-order valence-corrected chi connectivity index (χ3v) is 6.48. The molecule has 1 aromatic carbocycles. The lowest BCUT2D eigenvalue weighted by molar-refractivity contribution is -0.137. The summed E-state index contributed by atoms with van der Waals surface area (Å²) in [5, 5.41) is 5.17. The summed E-state index contributed by atoms with van der Waals surface area (Å²) in [5.41, 5.74) is 1.92. The van der Waals surface area contributed by atoms with Gasteiger partial charge in [0.1, 0.15) is 0 Å². The zero-order valence-corrected chi connectivity index (χ0v) is 16.2. The monoisotopic (exact) mass is 420 g/mol. The van der Waals surface area contributed by atoms with Crippen LogP contribution < -0.4 is 5.14 Å². The molecule has 152 valence electrons. The minimum absolute atomic E-state index is 0.00797. The Morgan fingerprint density at radius 1 is 0.931 bits per heavy atom. The molecule has 1 aromatic heterocycles. The number of nitrogens with zero attached hydrogens (tertiary/aromatic N) is 1. The predicted molar refractivity (Wildman–Crippen MR) is 104 cm³/mol. The van der Waals surface area contributed by atoms with E-state index < -0.39 is 21.8 Å². The summed E-state index contributed by atoms with van der Waals surface area (Å²) < 4.78 is 61.7. The van der Waals surface area contributed by atoms with Crippen LogP contribution in [-0.2, 0) is 16.2 Å². The zero-order valence-electron chi connectivity index (χ0n) is 15.4. The average molecular weight is 420 g/mol. The summed E-state index contributed by atoms with van der Waals surface area (Å²) in [6.45, 7) is 0. The van der Waals surface area contributed by atoms with Gasteiger partial charge in [0, 0.05) is 17.2 Å². The van der Waals surface area contributed by atoms with Crippen molar-refractivity contribution in [2.75, 3.05) is 0 Å². The summed E-state index contributed by atoms with van der Waals surface area (Å²) in [7, 11) is -3.80. The first-order chi connectivity index (χ1) is 13.6. The van der Waals surface area contributed by atoms with Gasteiger partial charge in [-0.25, -0.2) is 13.6 Å². The first-order valence-corrected chi connectivity index (χ1v) is 10.8. The van der Waals surface area contributed by atoms with Crippen molar-refractivity contribution in [3.63, 3.8) is 0 Å². The molecule has 0 unspecified atom stereocenters. The van der Waals surface area contributed by atoms with E-state index in [1.165, 1.54) is 18.2 Å². The lowest BCUT2D eigenvalue weighted by atomic mass is 9.88. The number of alkyl halides is 3. The standard InChI is InChI=1S/C21H19F3N2O2S/c22-21(23,24)15-5-8-19(26-13-15)18-12-20(9-1-2-10-20)11-17(18)14-3-6-16(7-4-14)29(25,27)28/h3-8,11-13H,1-2,9-10H2,(H2,25,27,28). The summed E-state index contributed by atoms with van der Waals surface area (Å²) in [4.78, 5) is 4.08. The number of halogens is 3. The molecule has 1 heterocycles. The van der Waals surface area contributed by atoms with Gasteiger partial charge in [0.05, 0.1) is 16.2 Å². The number of benzene rings is 1. The van der Waals surface area contributed by atoms with Gasteiger partial charge in [-0.2, -0.15) is 13.2 Å². The van der Waals surface area contributed by atoms with Gasteiger partial charge in [-0.1, -0.05) is 37.1 Å². The van der Waals surface area contributed by atoms with Crippen LogP contribution in [0.15, 0.2) is 59.6 Å². The Morgan fingerprint density at radius 2 is 1.55 bits per heavy atom. The van der Waals surface area contributed by atoms with Crippen LogP contribution in [0.5, 0.6) is 0 Å². The molecule has 0 bridgehead atoms. The molecule has 2 aromatic rings. The van der Waals surface area contributed by atoms with Crippen molar-refractivity contribution in [2.24, 2.45) is 10.6 Å². The summed E-state index contributed by atoms with van der Waals surface area (Å²) in [6.07, 6.45) is 4.74. The van der Waals surface area contributed by atoms with Crippen LogP contribution in [0.4, 0.5) is 13.2 Å². The highest BCUT2D eigenvalue weighted by Crippen LogP contribution is 2.51. The van der Waals surface area contributed by atoms with E-state index in [-0.39, 0.29) is 10.3 Å². The van der Waals surface area contributed by atoms with Crippen molar-refractivity contribution in [3.8, 4) is 0 Å². The number of nitrogens with two attached hydrogens (primary N) is 1. The highest BCUT2D eigenvalue weighted by Gasteiger charge is 2.37. The Balaban J connectivity index is 1.76. The Bertz CT molecular complexity index is 1090. The Morgan fingerprint density at radius 3 is 2.07 bits per heavy atom. The van der Waals surface area contributed by atoms with Crippen LogP contribution in [0, 0.1) is 5.41 Å². The van der Waals surface area contributed by atoms with E-state index in [1.54, 1.807) is 12.1 Å². The quantitative estimate of drug-likeness (QED) is 0.776. The van der Waals surface area contributed by atoms with Gasteiger partial charge in [-0.05, 0) is 48.2 Å². The zero-order chi connectivity index (χ0) is 20.9.